The number of benzene rings is 1. The molecule has 6 nitrogen and oxygen atoms in total. The molecule has 0 saturated carbocycles. The van der Waals surface area contributed by atoms with Crippen LogP contribution in [0.2, 0.25) is 0 Å². The SMILES string of the molecule is CCOc1ccc(CN(C)C(=O)C2CCCN2S(C)(=O)=O)cc1. The van der Waals surface area contributed by atoms with Gasteiger partial charge in [-0.3, -0.25) is 4.79 Å². The predicted molar refractivity (Wildman–Crippen MR) is 88.7 cm³/mol. The fourth-order valence-corrected chi connectivity index (χ4v) is 3.97. The van der Waals surface area contributed by atoms with Gasteiger partial charge in [-0.05, 0) is 37.5 Å². The van der Waals surface area contributed by atoms with E-state index in [9.17, 15) is 13.2 Å². The van der Waals surface area contributed by atoms with Crippen LogP contribution in [0, 0.1) is 0 Å². The van der Waals surface area contributed by atoms with Crippen molar-refractivity contribution in [2.75, 3.05) is 26.5 Å². The van der Waals surface area contributed by atoms with Crippen molar-refractivity contribution < 1.29 is 17.9 Å². The number of ether oxygens (including phenoxy) is 1. The Morgan fingerprint density at radius 2 is 2.00 bits per heavy atom. The van der Waals surface area contributed by atoms with Gasteiger partial charge in [-0.2, -0.15) is 4.31 Å². The normalized spacial score (nSPS) is 18.8. The average Bonchev–Trinajstić information content (AvgIpc) is 2.98. The zero-order valence-corrected chi connectivity index (χ0v) is 14.7. The molecule has 23 heavy (non-hydrogen) atoms. The summed E-state index contributed by atoms with van der Waals surface area (Å²) in [5, 5.41) is 0. The largest absolute Gasteiger partial charge is 0.494 e. The van der Waals surface area contributed by atoms with Gasteiger partial charge in [0.05, 0.1) is 12.9 Å². The van der Waals surface area contributed by atoms with Crippen molar-refractivity contribution in [3.05, 3.63) is 29.8 Å². The molecule has 1 fully saturated rings. The molecule has 0 bridgehead atoms. The number of sulfonamides is 1. The van der Waals surface area contributed by atoms with Gasteiger partial charge in [0.1, 0.15) is 11.8 Å². The number of hydrogen-bond acceptors (Lipinski definition) is 4. The molecule has 1 atom stereocenters. The molecule has 0 spiro atoms. The average molecular weight is 340 g/mol. The van der Waals surface area contributed by atoms with Gasteiger partial charge in [-0.15, -0.1) is 0 Å². The Kier molecular flexibility index (Phi) is 5.64. The Bertz CT molecular complexity index is 643. The Labute approximate surface area is 138 Å². The Balaban J connectivity index is 2.02. The molecule has 0 aliphatic carbocycles. The number of carbonyl (C=O) groups is 1. The van der Waals surface area contributed by atoms with Crippen molar-refractivity contribution >= 4 is 15.9 Å². The van der Waals surface area contributed by atoms with E-state index in [2.05, 4.69) is 0 Å². The first-order valence-electron chi connectivity index (χ1n) is 7.76. The lowest BCUT2D eigenvalue weighted by Gasteiger charge is -2.26. The van der Waals surface area contributed by atoms with Crippen LogP contribution >= 0.6 is 0 Å². The predicted octanol–water partition coefficient (Wildman–Crippen LogP) is 1.47. The molecule has 0 radical (unpaired) electrons. The molecule has 1 saturated heterocycles. The van der Waals surface area contributed by atoms with Crippen LogP contribution < -0.4 is 4.74 Å². The number of amides is 1. The molecule has 1 aromatic carbocycles. The minimum atomic E-state index is -3.35. The molecule has 1 aliphatic rings. The van der Waals surface area contributed by atoms with Crippen molar-refractivity contribution in [3.63, 3.8) is 0 Å². The fourth-order valence-electron chi connectivity index (χ4n) is 2.85. The van der Waals surface area contributed by atoms with Crippen molar-refractivity contribution in [3.8, 4) is 5.75 Å². The highest BCUT2D eigenvalue weighted by molar-refractivity contribution is 7.88. The van der Waals surface area contributed by atoms with Gasteiger partial charge in [0.25, 0.3) is 0 Å². The summed E-state index contributed by atoms with van der Waals surface area (Å²) in [6.07, 6.45) is 2.46. The first-order chi connectivity index (χ1) is 10.8. The Morgan fingerprint density at radius 1 is 1.35 bits per heavy atom. The number of nitrogens with zero attached hydrogens (tertiary/aromatic N) is 2. The molecular weight excluding hydrogens is 316 g/mol. The minimum absolute atomic E-state index is 0.151. The lowest BCUT2D eigenvalue weighted by molar-refractivity contribution is -0.133. The lowest BCUT2D eigenvalue weighted by Crippen LogP contribution is -2.45. The van der Waals surface area contributed by atoms with Crippen molar-refractivity contribution in [2.24, 2.45) is 0 Å². The van der Waals surface area contributed by atoms with Crippen LogP contribution in [-0.2, 0) is 21.4 Å². The van der Waals surface area contributed by atoms with Crippen molar-refractivity contribution in [1.29, 1.82) is 0 Å². The fraction of sp³-hybridized carbons (Fsp3) is 0.562. The van der Waals surface area contributed by atoms with E-state index in [-0.39, 0.29) is 5.91 Å². The van der Waals surface area contributed by atoms with Crippen LogP contribution in [0.25, 0.3) is 0 Å². The van der Waals surface area contributed by atoms with Gasteiger partial charge in [0.15, 0.2) is 0 Å². The second-order valence-electron chi connectivity index (χ2n) is 5.80. The Morgan fingerprint density at radius 3 is 2.57 bits per heavy atom. The van der Waals surface area contributed by atoms with Gasteiger partial charge in [0, 0.05) is 20.1 Å². The highest BCUT2D eigenvalue weighted by Crippen LogP contribution is 2.22. The van der Waals surface area contributed by atoms with E-state index in [1.807, 2.05) is 31.2 Å². The third-order valence-corrected chi connectivity index (χ3v) is 5.23. The molecule has 1 amide bonds. The molecule has 1 aromatic rings. The Hall–Kier alpha value is -1.60. The van der Waals surface area contributed by atoms with Crippen LogP contribution in [0.15, 0.2) is 24.3 Å². The second-order valence-corrected chi connectivity index (χ2v) is 7.74. The van der Waals surface area contributed by atoms with Crippen LogP contribution in [-0.4, -0.2) is 56.0 Å². The lowest BCUT2D eigenvalue weighted by atomic mass is 10.1. The van der Waals surface area contributed by atoms with E-state index >= 15 is 0 Å². The number of carbonyl (C=O) groups excluding carboxylic acids is 1. The van der Waals surface area contributed by atoms with Gasteiger partial charge in [-0.1, -0.05) is 12.1 Å². The number of likely N-dealkylation sites (N-methyl/N-ethyl adjacent to an activating group) is 1. The van der Waals surface area contributed by atoms with Crippen molar-refractivity contribution in [1.82, 2.24) is 9.21 Å². The zero-order valence-electron chi connectivity index (χ0n) is 13.9. The highest BCUT2D eigenvalue weighted by atomic mass is 32.2. The monoisotopic (exact) mass is 340 g/mol. The maximum absolute atomic E-state index is 12.6. The maximum atomic E-state index is 12.6. The summed E-state index contributed by atoms with van der Waals surface area (Å²) in [4.78, 5) is 14.2. The van der Waals surface area contributed by atoms with E-state index in [1.54, 1.807) is 11.9 Å². The van der Waals surface area contributed by atoms with Gasteiger partial charge in [0.2, 0.25) is 15.9 Å². The van der Waals surface area contributed by atoms with Crippen LogP contribution in [0.1, 0.15) is 25.3 Å². The first-order valence-corrected chi connectivity index (χ1v) is 9.61. The third kappa shape index (κ3) is 4.45. The maximum Gasteiger partial charge on any atom is 0.241 e. The van der Waals surface area contributed by atoms with E-state index in [0.717, 1.165) is 24.0 Å². The van der Waals surface area contributed by atoms with E-state index in [4.69, 9.17) is 4.74 Å². The molecule has 0 aromatic heterocycles. The quantitative estimate of drug-likeness (QED) is 0.786. The molecule has 0 N–H and O–H groups in total. The van der Waals surface area contributed by atoms with Crippen LogP contribution in [0.4, 0.5) is 0 Å². The summed E-state index contributed by atoms with van der Waals surface area (Å²) in [5.74, 6) is 0.645. The first kappa shape index (κ1) is 17.7. The number of hydrogen-bond donors (Lipinski definition) is 0. The van der Waals surface area contributed by atoms with E-state index in [1.165, 1.54) is 4.31 Å². The van der Waals surface area contributed by atoms with Gasteiger partial charge < -0.3 is 9.64 Å². The summed E-state index contributed by atoms with van der Waals surface area (Å²) >= 11 is 0. The summed E-state index contributed by atoms with van der Waals surface area (Å²) in [6.45, 7) is 3.40. The topological polar surface area (TPSA) is 66.9 Å². The van der Waals surface area contributed by atoms with Crippen LogP contribution in [0.5, 0.6) is 5.75 Å². The zero-order chi connectivity index (χ0) is 17.0. The van der Waals surface area contributed by atoms with E-state index in [0.29, 0.717) is 26.1 Å². The second kappa shape index (κ2) is 7.31. The highest BCUT2D eigenvalue weighted by Gasteiger charge is 2.37. The summed E-state index contributed by atoms with van der Waals surface area (Å²) < 4.78 is 30.2. The van der Waals surface area contributed by atoms with Crippen LogP contribution in [0.3, 0.4) is 0 Å². The van der Waals surface area contributed by atoms with E-state index < -0.39 is 16.1 Å². The smallest absolute Gasteiger partial charge is 0.241 e. The summed E-state index contributed by atoms with van der Waals surface area (Å²) in [5.41, 5.74) is 0.980. The summed E-state index contributed by atoms with van der Waals surface area (Å²) in [7, 11) is -1.64. The molecule has 1 unspecified atom stereocenters. The molecular formula is C16H24N2O4S. The van der Waals surface area contributed by atoms with Gasteiger partial charge >= 0.3 is 0 Å². The minimum Gasteiger partial charge on any atom is -0.494 e. The number of rotatable bonds is 6. The molecule has 1 heterocycles. The molecule has 2 rings (SSSR count). The van der Waals surface area contributed by atoms with Crippen molar-refractivity contribution in [2.45, 2.75) is 32.4 Å². The molecule has 128 valence electrons. The molecule has 7 heteroatoms. The summed E-state index contributed by atoms with van der Waals surface area (Å²) in [6, 6.07) is 7.00. The standard InChI is InChI=1S/C16H24N2O4S/c1-4-22-14-9-7-13(8-10-14)12-17(2)16(19)15-6-5-11-18(15)23(3,20)21/h7-10,15H,4-6,11-12H2,1-3H3. The third-order valence-electron chi connectivity index (χ3n) is 3.95. The van der Waals surface area contributed by atoms with Gasteiger partial charge in [-0.25, -0.2) is 8.42 Å². The molecule has 1 aliphatic heterocycles.